The molecular formula is C18H20N2O5. The lowest BCUT2D eigenvalue weighted by atomic mass is 10.1. The van der Waals surface area contributed by atoms with E-state index < -0.39 is 16.4 Å². The van der Waals surface area contributed by atoms with Gasteiger partial charge in [0, 0.05) is 17.3 Å². The quantitative estimate of drug-likeness (QED) is 0.619. The molecule has 0 aromatic heterocycles. The van der Waals surface area contributed by atoms with Crippen molar-refractivity contribution in [1.29, 1.82) is 0 Å². The molecule has 0 aliphatic heterocycles. The van der Waals surface area contributed by atoms with Crippen molar-refractivity contribution < 1.29 is 19.6 Å². The molecule has 7 heteroatoms. The number of carbonyl (C=O) groups excluding carboxylic acids is 1. The molecule has 0 heterocycles. The maximum atomic E-state index is 12.3. The molecule has 25 heavy (non-hydrogen) atoms. The Morgan fingerprint density at radius 1 is 1.24 bits per heavy atom. The van der Waals surface area contributed by atoms with E-state index in [1.54, 1.807) is 19.1 Å². The maximum absolute atomic E-state index is 12.3. The van der Waals surface area contributed by atoms with Crippen LogP contribution < -0.4 is 10.1 Å². The lowest BCUT2D eigenvalue weighted by Crippen LogP contribution is -2.45. The van der Waals surface area contributed by atoms with Crippen molar-refractivity contribution in [3.8, 4) is 5.75 Å². The summed E-state index contributed by atoms with van der Waals surface area (Å²) in [7, 11) is 0. The number of nitrogens with one attached hydrogen (secondary N) is 1. The number of rotatable bonds is 6. The number of amides is 1. The van der Waals surface area contributed by atoms with Gasteiger partial charge in [0.05, 0.1) is 4.92 Å². The summed E-state index contributed by atoms with van der Waals surface area (Å²) in [6.45, 7) is 4.63. The Labute approximate surface area is 145 Å². The van der Waals surface area contributed by atoms with Gasteiger partial charge in [-0.25, -0.2) is 0 Å². The molecule has 2 aromatic carbocycles. The molecule has 1 unspecified atom stereocenters. The second-order valence-corrected chi connectivity index (χ2v) is 6.09. The molecule has 1 amide bonds. The second-order valence-electron chi connectivity index (χ2n) is 6.09. The highest BCUT2D eigenvalue weighted by Crippen LogP contribution is 2.22. The smallest absolute Gasteiger partial charge is 0.272 e. The van der Waals surface area contributed by atoms with E-state index in [1.165, 1.54) is 25.1 Å². The van der Waals surface area contributed by atoms with E-state index in [0.29, 0.717) is 17.0 Å². The van der Waals surface area contributed by atoms with Gasteiger partial charge in [0.25, 0.3) is 11.6 Å². The summed E-state index contributed by atoms with van der Waals surface area (Å²) >= 11 is 0. The fourth-order valence-electron chi connectivity index (χ4n) is 2.13. The van der Waals surface area contributed by atoms with Gasteiger partial charge in [0.1, 0.15) is 12.4 Å². The van der Waals surface area contributed by atoms with E-state index in [4.69, 9.17) is 4.74 Å². The zero-order valence-electron chi connectivity index (χ0n) is 14.3. The van der Waals surface area contributed by atoms with Crippen molar-refractivity contribution in [3.63, 3.8) is 0 Å². The highest BCUT2D eigenvalue weighted by Gasteiger charge is 2.31. The molecule has 0 bridgehead atoms. The first-order valence-electron chi connectivity index (χ1n) is 7.67. The van der Waals surface area contributed by atoms with Gasteiger partial charge in [-0.2, -0.15) is 0 Å². The van der Waals surface area contributed by atoms with Crippen LogP contribution in [0.15, 0.2) is 42.5 Å². The summed E-state index contributed by atoms with van der Waals surface area (Å²) in [5, 5.41) is 23.7. The minimum absolute atomic E-state index is 0.0348. The molecule has 7 nitrogen and oxygen atoms in total. The molecule has 0 saturated carbocycles. The molecule has 0 aliphatic carbocycles. The number of aryl methyl sites for hydroxylation is 2. The van der Waals surface area contributed by atoms with Crippen LogP contribution in [0, 0.1) is 24.0 Å². The summed E-state index contributed by atoms with van der Waals surface area (Å²) in [6, 6.07) is 11.4. The van der Waals surface area contributed by atoms with Crippen LogP contribution >= 0.6 is 0 Å². The molecule has 0 spiro atoms. The number of benzene rings is 2. The first-order valence-corrected chi connectivity index (χ1v) is 7.67. The Hall–Kier alpha value is -2.93. The van der Waals surface area contributed by atoms with Crippen LogP contribution in [-0.4, -0.2) is 28.1 Å². The minimum atomic E-state index is -1.76. The van der Waals surface area contributed by atoms with E-state index in [2.05, 4.69) is 5.32 Å². The first kappa shape index (κ1) is 18.4. The standard InChI is InChI=1S/C18H20N2O5/c1-12-4-7-15(8-5-12)25-11-18(3,22)17(21)19-14-6-9-16(20(23)24)13(2)10-14/h4-10,22H,11H2,1-3H3,(H,19,21). The molecule has 2 N–H and O–H groups in total. The second kappa shape index (κ2) is 7.31. The SMILES string of the molecule is Cc1ccc(OCC(C)(O)C(=O)Nc2ccc([N+](=O)[O-])c(C)c2)cc1. The predicted molar refractivity (Wildman–Crippen MR) is 93.8 cm³/mol. The van der Waals surface area contributed by atoms with Gasteiger partial charge in [0.2, 0.25) is 0 Å². The summed E-state index contributed by atoms with van der Waals surface area (Å²) in [5.74, 6) is -0.113. The van der Waals surface area contributed by atoms with Gasteiger partial charge in [-0.3, -0.25) is 14.9 Å². The molecular weight excluding hydrogens is 324 g/mol. The Bertz CT molecular complexity index is 785. The number of nitrogens with zero attached hydrogens (tertiary/aromatic N) is 1. The van der Waals surface area contributed by atoms with Crippen molar-refractivity contribution in [2.75, 3.05) is 11.9 Å². The summed E-state index contributed by atoms with van der Waals surface area (Å²) < 4.78 is 5.46. The van der Waals surface area contributed by atoms with Crippen LogP contribution in [0.2, 0.25) is 0 Å². The van der Waals surface area contributed by atoms with Crippen molar-refractivity contribution in [1.82, 2.24) is 0 Å². The Morgan fingerprint density at radius 2 is 1.88 bits per heavy atom. The number of hydrogen-bond donors (Lipinski definition) is 2. The monoisotopic (exact) mass is 344 g/mol. The zero-order chi connectivity index (χ0) is 18.6. The Balaban J connectivity index is 2.01. The number of aliphatic hydroxyl groups is 1. The molecule has 2 rings (SSSR count). The molecule has 0 radical (unpaired) electrons. The Kier molecular flexibility index (Phi) is 5.38. The summed E-state index contributed by atoms with van der Waals surface area (Å²) in [4.78, 5) is 22.6. The van der Waals surface area contributed by atoms with Gasteiger partial charge in [-0.05, 0) is 45.0 Å². The van der Waals surface area contributed by atoms with E-state index in [9.17, 15) is 20.0 Å². The fraction of sp³-hybridized carbons (Fsp3) is 0.278. The van der Waals surface area contributed by atoms with Crippen molar-refractivity contribution in [3.05, 3.63) is 63.7 Å². The summed E-state index contributed by atoms with van der Waals surface area (Å²) in [5.41, 5.74) is 0.0560. The molecule has 132 valence electrons. The van der Waals surface area contributed by atoms with Crippen LogP contribution in [0.1, 0.15) is 18.1 Å². The zero-order valence-corrected chi connectivity index (χ0v) is 14.3. The van der Waals surface area contributed by atoms with Gasteiger partial charge < -0.3 is 15.2 Å². The number of ether oxygens (including phenoxy) is 1. The predicted octanol–water partition coefficient (Wildman–Crippen LogP) is 2.98. The third-order valence-electron chi connectivity index (χ3n) is 3.68. The normalized spacial score (nSPS) is 13.0. The first-order chi connectivity index (χ1) is 11.7. The third-order valence-corrected chi connectivity index (χ3v) is 3.68. The fourth-order valence-corrected chi connectivity index (χ4v) is 2.13. The van der Waals surface area contributed by atoms with Gasteiger partial charge >= 0.3 is 0 Å². The number of nitro benzene ring substituents is 1. The van der Waals surface area contributed by atoms with Crippen molar-refractivity contribution in [2.24, 2.45) is 0 Å². The molecule has 0 aliphatic rings. The van der Waals surface area contributed by atoms with E-state index in [-0.39, 0.29) is 12.3 Å². The average molecular weight is 344 g/mol. The lowest BCUT2D eigenvalue weighted by Gasteiger charge is -2.22. The van der Waals surface area contributed by atoms with E-state index in [0.717, 1.165) is 5.56 Å². The van der Waals surface area contributed by atoms with E-state index in [1.807, 2.05) is 19.1 Å². The van der Waals surface area contributed by atoms with Crippen LogP contribution in [0.25, 0.3) is 0 Å². The molecule has 1 atom stereocenters. The molecule has 0 saturated heterocycles. The number of anilines is 1. The minimum Gasteiger partial charge on any atom is -0.490 e. The van der Waals surface area contributed by atoms with E-state index >= 15 is 0 Å². The van der Waals surface area contributed by atoms with Crippen LogP contribution in [0.3, 0.4) is 0 Å². The third kappa shape index (κ3) is 4.77. The average Bonchev–Trinajstić information content (AvgIpc) is 2.54. The van der Waals surface area contributed by atoms with Crippen molar-refractivity contribution in [2.45, 2.75) is 26.4 Å². The Morgan fingerprint density at radius 3 is 2.44 bits per heavy atom. The van der Waals surface area contributed by atoms with Crippen LogP contribution in [-0.2, 0) is 4.79 Å². The largest absolute Gasteiger partial charge is 0.490 e. The van der Waals surface area contributed by atoms with Crippen LogP contribution in [0.4, 0.5) is 11.4 Å². The lowest BCUT2D eigenvalue weighted by molar-refractivity contribution is -0.385. The van der Waals surface area contributed by atoms with Crippen molar-refractivity contribution >= 4 is 17.3 Å². The highest BCUT2D eigenvalue weighted by molar-refractivity contribution is 5.97. The maximum Gasteiger partial charge on any atom is 0.272 e. The molecule has 2 aromatic rings. The number of nitro groups is 1. The number of carbonyl (C=O) groups is 1. The topological polar surface area (TPSA) is 102 Å². The summed E-state index contributed by atoms with van der Waals surface area (Å²) in [6.07, 6.45) is 0. The highest BCUT2D eigenvalue weighted by atomic mass is 16.6. The van der Waals surface area contributed by atoms with Gasteiger partial charge in [-0.1, -0.05) is 17.7 Å². The van der Waals surface area contributed by atoms with Crippen LogP contribution in [0.5, 0.6) is 5.75 Å². The number of hydrogen-bond acceptors (Lipinski definition) is 5. The molecule has 0 fully saturated rings. The van der Waals surface area contributed by atoms with Gasteiger partial charge in [-0.15, -0.1) is 0 Å². The van der Waals surface area contributed by atoms with Gasteiger partial charge in [0.15, 0.2) is 5.60 Å².